The normalized spacial score (nSPS) is 10.9. The lowest BCUT2D eigenvalue weighted by molar-refractivity contribution is 0.101. The van der Waals surface area contributed by atoms with Gasteiger partial charge in [-0.05, 0) is 33.0 Å². The quantitative estimate of drug-likeness (QED) is 0.823. The summed E-state index contributed by atoms with van der Waals surface area (Å²) in [4.78, 5) is 12.9. The van der Waals surface area contributed by atoms with Crippen LogP contribution in [-0.2, 0) is 6.42 Å². The molecule has 0 amide bonds. The maximum absolute atomic E-state index is 11.7. The minimum absolute atomic E-state index is 0.170. The van der Waals surface area contributed by atoms with Gasteiger partial charge in [0.2, 0.25) is 0 Å². The molecule has 3 heteroatoms. The smallest absolute Gasteiger partial charge is 0.161 e. The molecule has 84 valence electrons. The second kappa shape index (κ2) is 4.76. The van der Waals surface area contributed by atoms with Crippen molar-refractivity contribution in [3.63, 3.8) is 0 Å². The molecule has 0 fully saturated rings. The van der Waals surface area contributed by atoms with Crippen LogP contribution in [0.1, 0.15) is 22.2 Å². The monoisotopic (exact) mass is 233 g/mol. The highest BCUT2D eigenvalue weighted by Crippen LogP contribution is 2.31. The molecule has 0 unspecified atom stereocenters. The average Bonchev–Trinajstić information content (AvgIpc) is 2.64. The van der Waals surface area contributed by atoms with Crippen molar-refractivity contribution in [3.05, 3.63) is 34.7 Å². The number of carbonyl (C=O) groups excluding carboxylic acids is 1. The standard InChI is InChI=1S/C13H15NOS/c1-9(15)13-10-5-3-4-6-11(10)16-12(13)7-8-14-2/h3-6,14H,7-8H2,1-2H3. The molecule has 2 nitrogen and oxygen atoms in total. The highest BCUT2D eigenvalue weighted by atomic mass is 32.1. The van der Waals surface area contributed by atoms with Gasteiger partial charge in [-0.2, -0.15) is 0 Å². The number of rotatable bonds is 4. The Hall–Kier alpha value is -1.19. The van der Waals surface area contributed by atoms with Crippen molar-refractivity contribution < 1.29 is 4.79 Å². The van der Waals surface area contributed by atoms with E-state index in [2.05, 4.69) is 11.4 Å². The summed E-state index contributed by atoms with van der Waals surface area (Å²) in [6, 6.07) is 8.12. The Balaban J connectivity index is 2.54. The molecule has 16 heavy (non-hydrogen) atoms. The molecule has 0 bridgehead atoms. The second-order valence-corrected chi connectivity index (χ2v) is 4.94. The Morgan fingerprint density at radius 2 is 2.12 bits per heavy atom. The van der Waals surface area contributed by atoms with Crippen LogP contribution < -0.4 is 5.32 Å². The van der Waals surface area contributed by atoms with Crippen molar-refractivity contribution in [2.24, 2.45) is 0 Å². The third-order valence-electron chi connectivity index (χ3n) is 2.62. The van der Waals surface area contributed by atoms with Crippen LogP contribution in [0.25, 0.3) is 10.1 Å². The highest BCUT2D eigenvalue weighted by Gasteiger charge is 2.14. The van der Waals surface area contributed by atoms with E-state index < -0.39 is 0 Å². The minimum Gasteiger partial charge on any atom is -0.319 e. The summed E-state index contributed by atoms with van der Waals surface area (Å²) >= 11 is 1.73. The van der Waals surface area contributed by atoms with Crippen LogP contribution in [0.3, 0.4) is 0 Å². The van der Waals surface area contributed by atoms with Gasteiger partial charge in [-0.3, -0.25) is 4.79 Å². The largest absolute Gasteiger partial charge is 0.319 e. The van der Waals surface area contributed by atoms with Crippen LogP contribution in [0.5, 0.6) is 0 Å². The SMILES string of the molecule is CNCCc1sc2ccccc2c1C(C)=O. The van der Waals surface area contributed by atoms with E-state index in [1.807, 2.05) is 25.2 Å². The summed E-state index contributed by atoms with van der Waals surface area (Å²) in [6.45, 7) is 2.56. The number of fused-ring (bicyclic) bond motifs is 1. The summed E-state index contributed by atoms with van der Waals surface area (Å²) in [7, 11) is 1.93. The first-order valence-electron chi connectivity index (χ1n) is 5.40. The Labute approximate surface area is 99.3 Å². The fourth-order valence-corrected chi connectivity index (χ4v) is 3.15. The molecular formula is C13H15NOS. The lowest BCUT2D eigenvalue weighted by Crippen LogP contribution is -2.11. The van der Waals surface area contributed by atoms with Gasteiger partial charge in [0.05, 0.1) is 0 Å². The molecular weight excluding hydrogens is 218 g/mol. The first-order valence-corrected chi connectivity index (χ1v) is 6.21. The number of likely N-dealkylation sites (N-methyl/N-ethyl adjacent to an activating group) is 1. The number of hydrogen-bond donors (Lipinski definition) is 1. The molecule has 0 aliphatic carbocycles. The Morgan fingerprint density at radius 1 is 1.38 bits per heavy atom. The van der Waals surface area contributed by atoms with Crippen molar-refractivity contribution in [1.29, 1.82) is 0 Å². The zero-order valence-electron chi connectivity index (χ0n) is 9.54. The number of benzene rings is 1. The van der Waals surface area contributed by atoms with Crippen molar-refractivity contribution in [1.82, 2.24) is 5.32 Å². The van der Waals surface area contributed by atoms with Gasteiger partial charge < -0.3 is 5.32 Å². The van der Waals surface area contributed by atoms with Gasteiger partial charge in [-0.15, -0.1) is 11.3 Å². The Kier molecular flexibility index (Phi) is 3.36. The van der Waals surface area contributed by atoms with Gasteiger partial charge in [-0.1, -0.05) is 18.2 Å². The third kappa shape index (κ3) is 2.01. The van der Waals surface area contributed by atoms with Crippen molar-refractivity contribution in [2.45, 2.75) is 13.3 Å². The fourth-order valence-electron chi connectivity index (χ4n) is 1.90. The molecule has 0 atom stereocenters. The molecule has 0 radical (unpaired) electrons. The Morgan fingerprint density at radius 3 is 2.81 bits per heavy atom. The fraction of sp³-hybridized carbons (Fsp3) is 0.308. The molecule has 1 aromatic heterocycles. The molecule has 1 heterocycles. The zero-order chi connectivity index (χ0) is 11.5. The number of hydrogen-bond acceptors (Lipinski definition) is 3. The molecule has 2 rings (SSSR count). The van der Waals surface area contributed by atoms with Gasteiger partial charge in [0, 0.05) is 20.5 Å². The van der Waals surface area contributed by atoms with E-state index in [0.29, 0.717) is 0 Å². The van der Waals surface area contributed by atoms with Crippen LogP contribution in [0, 0.1) is 0 Å². The number of Topliss-reactive ketones (excluding diaryl/α,β-unsaturated/α-hetero) is 1. The molecule has 2 aromatic rings. The van der Waals surface area contributed by atoms with Crippen LogP contribution >= 0.6 is 11.3 Å². The van der Waals surface area contributed by atoms with Crippen molar-refractivity contribution in [3.8, 4) is 0 Å². The molecule has 0 aliphatic rings. The van der Waals surface area contributed by atoms with Crippen LogP contribution in [-0.4, -0.2) is 19.4 Å². The summed E-state index contributed by atoms with van der Waals surface area (Å²) in [6.07, 6.45) is 0.921. The molecule has 0 aliphatic heterocycles. The zero-order valence-corrected chi connectivity index (χ0v) is 10.4. The summed E-state index contributed by atoms with van der Waals surface area (Å²) in [5.41, 5.74) is 0.913. The van der Waals surface area contributed by atoms with Gasteiger partial charge >= 0.3 is 0 Å². The van der Waals surface area contributed by atoms with Crippen molar-refractivity contribution in [2.75, 3.05) is 13.6 Å². The summed E-state index contributed by atoms with van der Waals surface area (Å²) in [5, 5.41) is 4.22. The van der Waals surface area contributed by atoms with E-state index in [-0.39, 0.29) is 5.78 Å². The van der Waals surface area contributed by atoms with Gasteiger partial charge in [-0.25, -0.2) is 0 Å². The van der Waals surface area contributed by atoms with E-state index in [1.165, 1.54) is 9.58 Å². The minimum atomic E-state index is 0.170. The first-order chi connectivity index (χ1) is 7.74. The number of ketones is 1. The van der Waals surface area contributed by atoms with Gasteiger partial charge in [0.15, 0.2) is 5.78 Å². The average molecular weight is 233 g/mol. The third-order valence-corrected chi connectivity index (χ3v) is 3.85. The number of thiophene rings is 1. The maximum atomic E-state index is 11.7. The molecule has 0 spiro atoms. The van der Waals surface area contributed by atoms with E-state index in [0.717, 1.165) is 23.9 Å². The Bertz CT molecular complexity index is 516. The van der Waals surface area contributed by atoms with E-state index in [4.69, 9.17) is 0 Å². The summed E-state index contributed by atoms with van der Waals surface area (Å²) in [5.74, 6) is 0.170. The summed E-state index contributed by atoms with van der Waals surface area (Å²) < 4.78 is 1.21. The van der Waals surface area contributed by atoms with Crippen LogP contribution in [0.4, 0.5) is 0 Å². The number of nitrogens with one attached hydrogen (secondary N) is 1. The predicted molar refractivity (Wildman–Crippen MR) is 69.5 cm³/mol. The van der Waals surface area contributed by atoms with E-state index in [9.17, 15) is 4.79 Å². The number of carbonyl (C=O) groups is 1. The maximum Gasteiger partial charge on any atom is 0.161 e. The van der Waals surface area contributed by atoms with Gasteiger partial charge in [0.25, 0.3) is 0 Å². The second-order valence-electron chi connectivity index (χ2n) is 3.81. The molecule has 1 aromatic carbocycles. The van der Waals surface area contributed by atoms with E-state index >= 15 is 0 Å². The highest BCUT2D eigenvalue weighted by molar-refractivity contribution is 7.19. The van der Waals surface area contributed by atoms with Crippen molar-refractivity contribution >= 4 is 27.2 Å². The molecule has 0 saturated carbocycles. The van der Waals surface area contributed by atoms with Crippen LogP contribution in [0.15, 0.2) is 24.3 Å². The van der Waals surface area contributed by atoms with Gasteiger partial charge in [0.1, 0.15) is 0 Å². The van der Waals surface area contributed by atoms with Crippen LogP contribution in [0.2, 0.25) is 0 Å². The first kappa shape index (κ1) is 11.3. The lowest BCUT2D eigenvalue weighted by Gasteiger charge is -2.00. The lowest BCUT2D eigenvalue weighted by atomic mass is 10.1. The molecule has 1 N–H and O–H groups in total. The molecule has 0 saturated heterocycles. The topological polar surface area (TPSA) is 29.1 Å². The van der Waals surface area contributed by atoms with E-state index in [1.54, 1.807) is 18.3 Å². The predicted octanol–water partition coefficient (Wildman–Crippen LogP) is 2.87.